The number of hydrogen-bond acceptors (Lipinski definition) is 1. The van der Waals surface area contributed by atoms with Gasteiger partial charge < -0.3 is 5.32 Å². The Balaban J connectivity index is 2.81. The van der Waals surface area contributed by atoms with Crippen LogP contribution in [0.4, 0.5) is 0 Å². The standard InChI is InChI=1S/C15H22ClN/c1-4-10-17-15(11-12(3)5-2)13-8-6-7-9-14(13)16/h6-9,15,17H,3-5,10-11H2,1-2H3. The Kier molecular flexibility index (Phi) is 6.31. The number of halogens is 1. The van der Waals surface area contributed by atoms with E-state index in [1.165, 1.54) is 11.1 Å². The van der Waals surface area contributed by atoms with E-state index in [-0.39, 0.29) is 6.04 Å². The van der Waals surface area contributed by atoms with E-state index in [9.17, 15) is 0 Å². The third-order valence-corrected chi connectivity index (χ3v) is 3.26. The third-order valence-electron chi connectivity index (χ3n) is 2.91. The summed E-state index contributed by atoms with van der Waals surface area (Å²) in [6.07, 6.45) is 3.11. The topological polar surface area (TPSA) is 12.0 Å². The lowest BCUT2D eigenvalue weighted by molar-refractivity contribution is 0.524. The number of hydrogen-bond donors (Lipinski definition) is 1. The molecule has 94 valence electrons. The average molecular weight is 252 g/mol. The lowest BCUT2D eigenvalue weighted by atomic mass is 9.98. The Morgan fingerprint density at radius 2 is 2.06 bits per heavy atom. The van der Waals surface area contributed by atoms with E-state index in [1.807, 2.05) is 18.2 Å². The van der Waals surface area contributed by atoms with Crippen LogP contribution < -0.4 is 5.32 Å². The van der Waals surface area contributed by atoms with E-state index in [0.717, 1.165) is 30.8 Å². The maximum absolute atomic E-state index is 6.25. The first-order valence-corrected chi connectivity index (χ1v) is 6.71. The molecule has 0 aliphatic heterocycles. The van der Waals surface area contributed by atoms with Gasteiger partial charge in [-0.15, -0.1) is 0 Å². The monoisotopic (exact) mass is 251 g/mol. The molecule has 1 nitrogen and oxygen atoms in total. The Morgan fingerprint density at radius 3 is 2.65 bits per heavy atom. The van der Waals surface area contributed by atoms with E-state index in [2.05, 4.69) is 31.8 Å². The van der Waals surface area contributed by atoms with Crippen LogP contribution in [0, 0.1) is 0 Å². The van der Waals surface area contributed by atoms with Crippen LogP contribution in [0.15, 0.2) is 36.4 Å². The van der Waals surface area contributed by atoms with Crippen LogP contribution in [0.3, 0.4) is 0 Å². The van der Waals surface area contributed by atoms with Crippen molar-refractivity contribution in [2.45, 2.75) is 39.2 Å². The second-order valence-corrected chi connectivity index (χ2v) is 4.74. The fourth-order valence-electron chi connectivity index (χ4n) is 1.80. The molecule has 0 aliphatic carbocycles. The van der Waals surface area contributed by atoms with Crippen LogP contribution in [0.1, 0.15) is 44.7 Å². The Labute approximate surface area is 110 Å². The van der Waals surface area contributed by atoms with Gasteiger partial charge in [0.05, 0.1) is 0 Å². The summed E-state index contributed by atoms with van der Waals surface area (Å²) in [6, 6.07) is 8.34. The summed E-state index contributed by atoms with van der Waals surface area (Å²) in [5.41, 5.74) is 2.44. The van der Waals surface area contributed by atoms with Gasteiger partial charge in [-0.3, -0.25) is 0 Å². The molecular weight excluding hydrogens is 230 g/mol. The smallest absolute Gasteiger partial charge is 0.0453 e. The zero-order chi connectivity index (χ0) is 12.7. The third kappa shape index (κ3) is 4.53. The average Bonchev–Trinajstić information content (AvgIpc) is 2.35. The highest BCUT2D eigenvalue weighted by Crippen LogP contribution is 2.27. The molecule has 0 heterocycles. The summed E-state index contributed by atoms with van der Waals surface area (Å²) in [6.45, 7) is 9.42. The zero-order valence-electron chi connectivity index (χ0n) is 10.8. The van der Waals surface area contributed by atoms with Crippen LogP contribution >= 0.6 is 11.6 Å². The van der Waals surface area contributed by atoms with E-state index in [1.54, 1.807) is 0 Å². The molecule has 0 radical (unpaired) electrons. The largest absolute Gasteiger partial charge is 0.310 e. The second kappa shape index (κ2) is 7.52. The van der Waals surface area contributed by atoms with Gasteiger partial charge in [0.1, 0.15) is 0 Å². The van der Waals surface area contributed by atoms with Gasteiger partial charge in [0.2, 0.25) is 0 Å². The normalized spacial score (nSPS) is 12.4. The fraction of sp³-hybridized carbons (Fsp3) is 0.467. The molecule has 0 spiro atoms. The van der Waals surface area contributed by atoms with E-state index >= 15 is 0 Å². The second-order valence-electron chi connectivity index (χ2n) is 4.34. The lowest BCUT2D eigenvalue weighted by Gasteiger charge is -2.21. The van der Waals surface area contributed by atoms with Crippen molar-refractivity contribution in [1.82, 2.24) is 5.32 Å². The van der Waals surface area contributed by atoms with E-state index < -0.39 is 0 Å². The highest BCUT2D eigenvalue weighted by molar-refractivity contribution is 6.31. The van der Waals surface area contributed by atoms with Crippen molar-refractivity contribution in [3.8, 4) is 0 Å². The quantitative estimate of drug-likeness (QED) is 0.691. The van der Waals surface area contributed by atoms with Gasteiger partial charge in [0.15, 0.2) is 0 Å². The van der Waals surface area contributed by atoms with Gasteiger partial charge in [-0.05, 0) is 37.4 Å². The molecule has 0 saturated heterocycles. The van der Waals surface area contributed by atoms with Crippen LogP contribution in [-0.2, 0) is 0 Å². The van der Waals surface area contributed by atoms with Crippen molar-refractivity contribution in [2.24, 2.45) is 0 Å². The van der Waals surface area contributed by atoms with Crippen molar-refractivity contribution >= 4 is 11.6 Å². The predicted molar refractivity (Wildman–Crippen MR) is 76.5 cm³/mol. The van der Waals surface area contributed by atoms with Crippen molar-refractivity contribution in [3.05, 3.63) is 47.0 Å². The first-order chi connectivity index (χ1) is 8.19. The molecule has 1 atom stereocenters. The maximum atomic E-state index is 6.25. The number of nitrogens with one attached hydrogen (secondary N) is 1. The van der Waals surface area contributed by atoms with Gasteiger partial charge in [0, 0.05) is 11.1 Å². The lowest BCUT2D eigenvalue weighted by Crippen LogP contribution is -2.22. The van der Waals surface area contributed by atoms with E-state index in [0.29, 0.717) is 0 Å². The van der Waals surface area contributed by atoms with Gasteiger partial charge in [-0.2, -0.15) is 0 Å². The molecule has 1 unspecified atom stereocenters. The summed E-state index contributed by atoms with van der Waals surface area (Å²) in [5.74, 6) is 0. The minimum atomic E-state index is 0.288. The van der Waals surface area contributed by atoms with Crippen molar-refractivity contribution in [2.75, 3.05) is 6.54 Å². The first kappa shape index (κ1) is 14.3. The van der Waals surface area contributed by atoms with Crippen molar-refractivity contribution in [3.63, 3.8) is 0 Å². The summed E-state index contributed by atoms with van der Waals surface area (Å²) in [5, 5.41) is 4.38. The molecule has 1 aromatic rings. The minimum Gasteiger partial charge on any atom is -0.310 e. The molecule has 0 bridgehead atoms. The molecule has 0 saturated carbocycles. The molecule has 17 heavy (non-hydrogen) atoms. The van der Waals surface area contributed by atoms with Gasteiger partial charge in [0.25, 0.3) is 0 Å². The van der Waals surface area contributed by atoms with Crippen LogP contribution in [0.25, 0.3) is 0 Å². The molecule has 0 amide bonds. The SMILES string of the molecule is C=C(CC)CC(NCCC)c1ccccc1Cl. The Bertz CT molecular complexity index is 360. The highest BCUT2D eigenvalue weighted by Gasteiger charge is 2.14. The Morgan fingerprint density at radius 1 is 1.35 bits per heavy atom. The molecule has 1 rings (SSSR count). The molecule has 1 N–H and O–H groups in total. The zero-order valence-corrected chi connectivity index (χ0v) is 11.6. The Hall–Kier alpha value is -0.790. The number of rotatable bonds is 7. The predicted octanol–water partition coefficient (Wildman–Crippen LogP) is 4.74. The van der Waals surface area contributed by atoms with Crippen molar-refractivity contribution < 1.29 is 0 Å². The van der Waals surface area contributed by atoms with Gasteiger partial charge >= 0.3 is 0 Å². The van der Waals surface area contributed by atoms with Gasteiger partial charge in [-0.1, -0.05) is 55.8 Å². The van der Waals surface area contributed by atoms with Crippen LogP contribution in [-0.4, -0.2) is 6.54 Å². The maximum Gasteiger partial charge on any atom is 0.0453 e. The highest BCUT2D eigenvalue weighted by atomic mass is 35.5. The fourth-order valence-corrected chi connectivity index (χ4v) is 2.07. The molecular formula is C15H22ClN. The molecule has 0 aromatic heterocycles. The van der Waals surface area contributed by atoms with Crippen molar-refractivity contribution in [1.29, 1.82) is 0 Å². The van der Waals surface area contributed by atoms with E-state index in [4.69, 9.17) is 11.6 Å². The first-order valence-electron chi connectivity index (χ1n) is 6.33. The summed E-state index contributed by atoms with van der Waals surface area (Å²) < 4.78 is 0. The molecule has 0 aliphatic rings. The summed E-state index contributed by atoms with van der Waals surface area (Å²) in [4.78, 5) is 0. The minimum absolute atomic E-state index is 0.288. The summed E-state index contributed by atoms with van der Waals surface area (Å²) in [7, 11) is 0. The van der Waals surface area contributed by atoms with Gasteiger partial charge in [-0.25, -0.2) is 0 Å². The molecule has 2 heteroatoms. The van der Waals surface area contributed by atoms with Crippen LogP contribution in [0.2, 0.25) is 5.02 Å². The molecule has 0 fully saturated rings. The van der Waals surface area contributed by atoms with Crippen LogP contribution in [0.5, 0.6) is 0 Å². The number of benzene rings is 1. The summed E-state index contributed by atoms with van der Waals surface area (Å²) >= 11 is 6.25. The molecule has 1 aromatic carbocycles.